The molecule has 2 aliphatic rings. The van der Waals surface area contributed by atoms with E-state index in [-0.39, 0.29) is 5.41 Å². The summed E-state index contributed by atoms with van der Waals surface area (Å²) in [7, 11) is 0. The van der Waals surface area contributed by atoms with Crippen LogP contribution in [0.2, 0.25) is 0 Å². The molecule has 3 aromatic rings. The maximum atomic E-state index is 6.32. The number of furan rings is 1. The Labute approximate surface area is 140 Å². The minimum Gasteiger partial charge on any atom is -0.456 e. The topological polar surface area (TPSA) is 13.1 Å². The first kappa shape index (κ1) is 13.4. The summed E-state index contributed by atoms with van der Waals surface area (Å²) in [6.07, 6.45) is 6.49. The van der Waals surface area contributed by atoms with E-state index in [2.05, 4.69) is 50.3 Å². The summed E-state index contributed by atoms with van der Waals surface area (Å²) in [6.45, 7) is 4.64. The molecule has 0 saturated carbocycles. The minimum absolute atomic E-state index is 0.0811. The van der Waals surface area contributed by atoms with Gasteiger partial charge in [-0.25, -0.2) is 0 Å². The van der Waals surface area contributed by atoms with Crippen molar-refractivity contribution in [2.45, 2.75) is 25.2 Å². The van der Waals surface area contributed by atoms with Crippen LogP contribution >= 0.6 is 11.6 Å². The first-order valence-electron chi connectivity index (χ1n) is 8.07. The molecule has 0 amide bonds. The number of benzene rings is 2. The quantitative estimate of drug-likeness (QED) is 0.476. The van der Waals surface area contributed by atoms with E-state index in [9.17, 15) is 0 Å². The molecule has 2 atom stereocenters. The van der Waals surface area contributed by atoms with Gasteiger partial charge in [-0.05, 0) is 29.0 Å². The number of halogens is 1. The molecule has 1 unspecified atom stereocenters. The number of hydrogen-bond acceptors (Lipinski definition) is 1. The number of hydrogen-bond donors (Lipinski definition) is 0. The van der Waals surface area contributed by atoms with Gasteiger partial charge in [0.05, 0.1) is 0 Å². The molecular formula is C21H17ClO. The Morgan fingerprint density at radius 2 is 1.87 bits per heavy atom. The standard InChI is InChI=1S/C21H17ClO/c1-21(2)16-9-7-12(22)11-15(16)19-17(21)10-8-14-13-5-3-4-6-18(13)23-20(14)19/h3-11,15-16H,1-2H3/t15-,16?/m0/s1. The molecule has 1 heterocycles. The van der Waals surface area contributed by atoms with Crippen LogP contribution in [-0.2, 0) is 5.41 Å². The zero-order valence-corrected chi connectivity index (χ0v) is 13.9. The highest BCUT2D eigenvalue weighted by atomic mass is 35.5. The zero-order chi connectivity index (χ0) is 15.8. The molecule has 2 aliphatic carbocycles. The van der Waals surface area contributed by atoms with Crippen LogP contribution in [-0.4, -0.2) is 0 Å². The van der Waals surface area contributed by atoms with Crippen LogP contribution in [0, 0.1) is 5.92 Å². The predicted octanol–water partition coefficient (Wildman–Crippen LogP) is 6.27. The fourth-order valence-electron chi connectivity index (χ4n) is 4.48. The summed E-state index contributed by atoms with van der Waals surface area (Å²) >= 11 is 6.32. The fourth-order valence-corrected chi connectivity index (χ4v) is 4.69. The Morgan fingerprint density at radius 1 is 1.04 bits per heavy atom. The Kier molecular flexibility index (Phi) is 2.51. The van der Waals surface area contributed by atoms with E-state index in [1.165, 1.54) is 21.9 Å². The van der Waals surface area contributed by atoms with Crippen LogP contribution in [0.5, 0.6) is 0 Å². The summed E-state index contributed by atoms with van der Waals surface area (Å²) in [5.74, 6) is 0.723. The lowest BCUT2D eigenvalue weighted by Crippen LogP contribution is -2.24. The molecule has 5 rings (SSSR count). The van der Waals surface area contributed by atoms with Crippen molar-refractivity contribution in [2.24, 2.45) is 5.92 Å². The summed E-state index contributed by atoms with van der Waals surface area (Å²) in [5.41, 5.74) is 4.76. The third-order valence-electron chi connectivity index (χ3n) is 5.63. The Balaban J connectivity index is 1.91. The van der Waals surface area contributed by atoms with Crippen molar-refractivity contribution >= 4 is 33.5 Å². The third kappa shape index (κ3) is 1.63. The first-order valence-corrected chi connectivity index (χ1v) is 8.45. The molecule has 114 valence electrons. The largest absolute Gasteiger partial charge is 0.456 e. The zero-order valence-electron chi connectivity index (χ0n) is 13.1. The van der Waals surface area contributed by atoms with Crippen molar-refractivity contribution < 1.29 is 4.42 Å². The highest BCUT2D eigenvalue weighted by Crippen LogP contribution is 2.56. The van der Waals surface area contributed by atoms with Crippen molar-refractivity contribution in [1.82, 2.24) is 0 Å². The highest BCUT2D eigenvalue weighted by Gasteiger charge is 2.46. The predicted molar refractivity (Wildman–Crippen MR) is 96.1 cm³/mol. The van der Waals surface area contributed by atoms with E-state index in [1.807, 2.05) is 18.2 Å². The molecule has 1 aromatic heterocycles. The monoisotopic (exact) mass is 320 g/mol. The summed E-state index contributed by atoms with van der Waals surface area (Å²) < 4.78 is 6.28. The number of rotatable bonds is 0. The van der Waals surface area contributed by atoms with Gasteiger partial charge in [0, 0.05) is 27.3 Å². The molecule has 0 radical (unpaired) electrons. The van der Waals surface area contributed by atoms with Crippen LogP contribution in [0.4, 0.5) is 0 Å². The molecule has 2 aromatic carbocycles. The normalized spacial score (nSPS) is 24.7. The number of fused-ring (bicyclic) bond motifs is 7. The van der Waals surface area contributed by atoms with Crippen molar-refractivity contribution in [3.05, 3.63) is 70.8 Å². The molecule has 0 fully saturated rings. The van der Waals surface area contributed by atoms with Crippen LogP contribution < -0.4 is 0 Å². The van der Waals surface area contributed by atoms with E-state index in [4.69, 9.17) is 16.0 Å². The average molecular weight is 321 g/mol. The molecule has 23 heavy (non-hydrogen) atoms. The van der Waals surface area contributed by atoms with Crippen molar-refractivity contribution in [2.75, 3.05) is 0 Å². The molecular weight excluding hydrogens is 304 g/mol. The number of allylic oxidation sites excluding steroid dienone is 4. The van der Waals surface area contributed by atoms with Gasteiger partial charge in [-0.15, -0.1) is 0 Å². The van der Waals surface area contributed by atoms with Crippen LogP contribution in [0.25, 0.3) is 21.9 Å². The van der Waals surface area contributed by atoms with Gasteiger partial charge in [0.15, 0.2) is 0 Å². The van der Waals surface area contributed by atoms with E-state index in [0.717, 1.165) is 16.2 Å². The summed E-state index contributed by atoms with van der Waals surface area (Å²) in [6, 6.07) is 12.8. The summed E-state index contributed by atoms with van der Waals surface area (Å²) in [5, 5.41) is 3.21. The lowest BCUT2D eigenvalue weighted by atomic mass is 9.74. The maximum Gasteiger partial charge on any atom is 0.139 e. The lowest BCUT2D eigenvalue weighted by Gasteiger charge is -2.29. The second-order valence-electron chi connectivity index (χ2n) is 7.19. The molecule has 0 aliphatic heterocycles. The molecule has 1 nitrogen and oxygen atoms in total. The molecule has 0 spiro atoms. The fraction of sp³-hybridized carbons (Fsp3) is 0.238. The minimum atomic E-state index is 0.0811. The average Bonchev–Trinajstić information content (AvgIpc) is 3.01. The highest BCUT2D eigenvalue weighted by molar-refractivity contribution is 6.31. The molecule has 0 N–H and O–H groups in total. The first-order chi connectivity index (χ1) is 11.1. The van der Waals surface area contributed by atoms with E-state index in [1.54, 1.807) is 0 Å². The van der Waals surface area contributed by atoms with Gasteiger partial charge >= 0.3 is 0 Å². The van der Waals surface area contributed by atoms with Gasteiger partial charge in [0.1, 0.15) is 11.2 Å². The second kappa shape index (κ2) is 4.30. The van der Waals surface area contributed by atoms with Gasteiger partial charge in [-0.3, -0.25) is 0 Å². The second-order valence-corrected chi connectivity index (χ2v) is 7.62. The SMILES string of the molecule is CC1(C)c2ccc3c(oc4ccccc43)c2[C@H]2C=C(Cl)C=CC21. The van der Waals surface area contributed by atoms with Crippen molar-refractivity contribution in [3.63, 3.8) is 0 Å². The van der Waals surface area contributed by atoms with Gasteiger partial charge in [-0.2, -0.15) is 0 Å². The Morgan fingerprint density at radius 3 is 2.74 bits per heavy atom. The van der Waals surface area contributed by atoms with E-state index in [0.29, 0.717) is 11.8 Å². The van der Waals surface area contributed by atoms with E-state index < -0.39 is 0 Å². The summed E-state index contributed by atoms with van der Waals surface area (Å²) in [4.78, 5) is 0. The Hall–Kier alpha value is -1.99. The Bertz CT molecular complexity index is 1020. The molecule has 2 heteroatoms. The van der Waals surface area contributed by atoms with Crippen LogP contribution in [0.15, 0.2) is 64.1 Å². The van der Waals surface area contributed by atoms with E-state index >= 15 is 0 Å². The number of para-hydroxylation sites is 1. The smallest absolute Gasteiger partial charge is 0.139 e. The lowest BCUT2D eigenvalue weighted by molar-refractivity contribution is 0.394. The molecule has 0 saturated heterocycles. The van der Waals surface area contributed by atoms with Gasteiger partial charge in [0.25, 0.3) is 0 Å². The van der Waals surface area contributed by atoms with Gasteiger partial charge < -0.3 is 4.42 Å². The van der Waals surface area contributed by atoms with Crippen molar-refractivity contribution in [3.8, 4) is 0 Å². The van der Waals surface area contributed by atoms with Gasteiger partial charge in [-0.1, -0.05) is 67.9 Å². The van der Waals surface area contributed by atoms with Gasteiger partial charge in [0.2, 0.25) is 0 Å². The van der Waals surface area contributed by atoms with Crippen LogP contribution in [0.3, 0.4) is 0 Å². The third-order valence-corrected chi connectivity index (χ3v) is 5.89. The van der Waals surface area contributed by atoms with Crippen molar-refractivity contribution in [1.29, 1.82) is 0 Å². The van der Waals surface area contributed by atoms with Crippen LogP contribution in [0.1, 0.15) is 30.9 Å². The maximum absolute atomic E-state index is 6.32. The molecule has 0 bridgehead atoms.